The van der Waals surface area contributed by atoms with Crippen molar-refractivity contribution in [1.82, 2.24) is 20.0 Å². The molecule has 7 heteroatoms. The van der Waals surface area contributed by atoms with Gasteiger partial charge in [-0.15, -0.1) is 10.2 Å². The molecule has 1 aromatic carbocycles. The number of hydrogen-bond acceptors (Lipinski definition) is 6. The van der Waals surface area contributed by atoms with E-state index in [2.05, 4.69) is 38.2 Å². The average Bonchev–Trinajstić information content (AvgIpc) is 3.40. The van der Waals surface area contributed by atoms with Gasteiger partial charge < -0.3 is 14.9 Å². The largest absolute Gasteiger partial charge is 0.507 e. The molecule has 0 amide bonds. The lowest BCUT2D eigenvalue weighted by atomic mass is 10.0. The van der Waals surface area contributed by atoms with Crippen LogP contribution in [0.1, 0.15) is 32.1 Å². The van der Waals surface area contributed by atoms with Crippen molar-refractivity contribution in [1.29, 1.82) is 0 Å². The number of hydrogen-bond donors (Lipinski definition) is 1. The first-order chi connectivity index (χ1) is 14.6. The van der Waals surface area contributed by atoms with Crippen LogP contribution >= 0.6 is 0 Å². The highest BCUT2D eigenvalue weighted by Crippen LogP contribution is 2.38. The normalized spacial score (nSPS) is 17.3. The molecular weight excluding hydrogens is 376 g/mol. The third kappa shape index (κ3) is 3.38. The summed E-state index contributed by atoms with van der Waals surface area (Å²) in [5.41, 5.74) is 4.39. The number of aromatic hydroxyl groups is 1. The third-order valence-corrected chi connectivity index (χ3v) is 6.41. The van der Waals surface area contributed by atoms with E-state index in [4.69, 9.17) is 0 Å². The smallest absolute Gasteiger partial charge is 0.175 e. The molecule has 1 fully saturated rings. The Bertz CT molecular complexity index is 1060. The van der Waals surface area contributed by atoms with Crippen molar-refractivity contribution < 1.29 is 5.11 Å². The zero-order valence-electron chi connectivity index (χ0n) is 17.6. The number of rotatable bonds is 3. The Labute approximate surface area is 177 Å². The molecule has 1 aliphatic heterocycles. The second-order valence-electron chi connectivity index (χ2n) is 8.48. The molecule has 30 heavy (non-hydrogen) atoms. The van der Waals surface area contributed by atoms with Crippen molar-refractivity contribution in [2.45, 2.75) is 38.1 Å². The van der Waals surface area contributed by atoms with Crippen LogP contribution in [0.5, 0.6) is 5.75 Å². The first-order valence-corrected chi connectivity index (χ1v) is 10.8. The Morgan fingerprint density at radius 1 is 0.967 bits per heavy atom. The Hall–Kier alpha value is -3.09. The minimum Gasteiger partial charge on any atom is -0.507 e. The van der Waals surface area contributed by atoms with E-state index < -0.39 is 0 Å². The van der Waals surface area contributed by atoms with Gasteiger partial charge in [-0.25, -0.2) is 0 Å². The molecule has 0 unspecified atom stereocenters. The average molecular weight is 405 g/mol. The summed E-state index contributed by atoms with van der Waals surface area (Å²) in [6, 6.07) is 8.33. The summed E-state index contributed by atoms with van der Waals surface area (Å²) in [6.07, 6.45) is 9.92. The zero-order valence-corrected chi connectivity index (χ0v) is 17.6. The molecule has 2 aromatic heterocycles. The molecule has 5 rings (SSSR count). The van der Waals surface area contributed by atoms with Crippen LogP contribution < -0.4 is 9.80 Å². The number of aryl methyl sites for hydroxylation is 1. The maximum Gasteiger partial charge on any atom is 0.175 e. The van der Waals surface area contributed by atoms with Gasteiger partial charge in [-0.1, -0.05) is 18.9 Å². The lowest BCUT2D eigenvalue weighted by molar-refractivity contribution is 0.477. The maximum absolute atomic E-state index is 10.7. The summed E-state index contributed by atoms with van der Waals surface area (Å²) >= 11 is 0. The first kappa shape index (κ1) is 18.9. The Morgan fingerprint density at radius 2 is 1.80 bits per heavy atom. The van der Waals surface area contributed by atoms with Gasteiger partial charge in [0.25, 0.3) is 0 Å². The highest BCUT2D eigenvalue weighted by molar-refractivity contribution is 5.78. The molecule has 3 heterocycles. The highest BCUT2D eigenvalue weighted by Gasteiger charge is 2.29. The predicted molar refractivity (Wildman–Crippen MR) is 119 cm³/mol. The summed E-state index contributed by atoms with van der Waals surface area (Å²) < 4.78 is 1.75. The molecule has 3 aromatic rings. The summed E-state index contributed by atoms with van der Waals surface area (Å²) in [6.45, 7) is 2.02. The van der Waals surface area contributed by atoms with E-state index in [1.54, 1.807) is 16.9 Å². The van der Waals surface area contributed by atoms with Gasteiger partial charge in [0.1, 0.15) is 5.75 Å². The Balaban J connectivity index is 1.51. The van der Waals surface area contributed by atoms with Gasteiger partial charge in [0.05, 0.1) is 17.6 Å². The van der Waals surface area contributed by atoms with E-state index in [1.165, 1.54) is 25.7 Å². The van der Waals surface area contributed by atoms with Crippen LogP contribution in [0, 0.1) is 0 Å². The zero-order chi connectivity index (χ0) is 20.7. The second-order valence-corrected chi connectivity index (χ2v) is 8.48. The molecule has 1 N–H and O–H groups in total. The number of aromatic nitrogens is 4. The SMILES string of the molecule is CN1CCCN(C2CCCC2)c2nnc(-c3ccc(-c4cnn(C)c4)cc3O)cc21. The van der Waals surface area contributed by atoms with Crippen LogP contribution in [0.3, 0.4) is 0 Å². The van der Waals surface area contributed by atoms with Crippen LogP contribution in [-0.2, 0) is 7.05 Å². The van der Waals surface area contributed by atoms with Gasteiger partial charge in [0.2, 0.25) is 0 Å². The Morgan fingerprint density at radius 3 is 2.53 bits per heavy atom. The van der Waals surface area contributed by atoms with Crippen molar-refractivity contribution in [2.24, 2.45) is 7.05 Å². The molecule has 0 radical (unpaired) electrons. The van der Waals surface area contributed by atoms with Crippen LogP contribution in [-0.4, -0.2) is 51.3 Å². The standard InChI is InChI=1S/C23H28N6O/c1-27-10-5-11-29(18-6-3-4-7-18)23-21(27)13-20(25-26-23)19-9-8-16(12-22(19)30)17-14-24-28(2)15-17/h8-9,12-15,18,30H,3-7,10-11H2,1-2H3. The van der Waals surface area contributed by atoms with Crippen molar-refractivity contribution in [3.8, 4) is 28.1 Å². The monoisotopic (exact) mass is 404 g/mol. The maximum atomic E-state index is 10.7. The summed E-state index contributed by atoms with van der Waals surface area (Å²) in [5, 5.41) is 24.2. The van der Waals surface area contributed by atoms with E-state index in [1.807, 2.05) is 25.4 Å². The number of benzene rings is 1. The van der Waals surface area contributed by atoms with Gasteiger partial charge in [0, 0.05) is 50.6 Å². The summed E-state index contributed by atoms with van der Waals surface area (Å²) in [5.74, 6) is 1.19. The highest BCUT2D eigenvalue weighted by atomic mass is 16.3. The Kier molecular flexibility index (Phi) is 4.81. The third-order valence-electron chi connectivity index (χ3n) is 6.41. The molecule has 156 valence electrons. The molecular formula is C23H28N6O. The van der Waals surface area contributed by atoms with E-state index in [9.17, 15) is 5.11 Å². The van der Waals surface area contributed by atoms with Crippen LogP contribution in [0.15, 0.2) is 36.7 Å². The number of nitrogens with zero attached hydrogens (tertiary/aromatic N) is 6. The molecule has 2 aliphatic rings. The molecule has 0 saturated heterocycles. The van der Waals surface area contributed by atoms with Crippen molar-refractivity contribution in [3.63, 3.8) is 0 Å². The number of fused-ring (bicyclic) bond motifs is 1. The molecule has 7 nitrogen and oxygen atoms in total. The van der Waals surface area contributed by atoms with Gasteiger partial charge >= 0.3 is 0 Å². The van der Waals surface area contributed by atoms with Crippen LogP contribution in [0.4, 0.5) is 11.5 Å². The van der Waals surface area contributed by atoms with Crippen molar-refractivity contribution >= 4 is 11.5 Å². The second kappa shape index (κ2) is 7.63. The van der Waals surface area contributed by atoms with Crippen molar-refractivity contribution in [3.05, 3.63) is 36.7 Å². The van der Waals surface area contributed by atoms with Crippen molar-refractivity contribution in [2.75, 3.05) is 29.9 Å². The summed E-state index contributed by atoms with van der Waals surface area (Å²) in [7, 11) is 4.00. The number of phenolic OH excluding ortho intramolecular Hbond substituents is 1. The van der Waals surface area contributed by atoms with Crippen LogP contribution in [0.25, 0.3) is 22.4 Å². The lowest BCUT2D eigenvalue weighted by Gasteiger charge is -2.30. The van der Waals surface area contributed by atoms with Gasteiger partial charge in [-0.3, -0.25) is 4.68 Å². The predicted octanol–water partition coefficient (Wildman–Crippen LogP) is 3.84. The molecule has 0 spiro atoms. The lowest BCUT2D eigenvalue weighted by Crippen LogP contribution is -2.34. The minimum atomic E-state index is 0.203. The van der Waals surface area contributed by atoms with Crippen LogP contribution in [0.2, 0.25) is 0 Å². The van der Waals surface area contributed by atoms with E-state index in [0.29, 0.717) is 17.3 Å². The fourth-order valence-corrected chi connectivity index (χ4v) is 4.77. The fourth-order valence-electron chi connectivity index (χ4n) is 4.77. The number of anilines is 2. The van der Waals surface area contributed by atoms with Gasteiger partial charge in [0.15, 0.2) is 5.82 Å². The quantitative estimate of drug-likeness (QED) is 0.715. The summed E-state index contributed by atoms with van der Waals surface area (Å²) in [4.78, 5) is 4.73. The molecule has 1 saturated carbocycles. The van der Waals surface area contributed by atoms with Gasteiger partial charge in [-0.2, -0.15) is 5.10 Å². The molecule has 0 bridgehead atoms. The first-order valence-electron chi connectivity index (χ1n) is 10.8. The van der Waals surface area contributed by atoms with E-state index in [-0.39, 0.29) is 5.75 Å². The minimum absolute atomic E-state index is 0.203. The topological polar surface area (TPSA) is 70.3 Å². The van der Waals surface area contributed by atoms with E-state index >= 15 is 0 Å². The molecule has 0 atom stereocenters. The fraction of sp³-hybridized carbons (Fsp3) is 0.435. The van der Waals surface area contributed by atoms with E-state index in [0.717, 1.165) is 42.1 Å². The van der Waals surface area contributed by atoms with Gasteiger partial charge in [-0.05, 0) is 43.0 Å². The molecule has 1 aliphatic carbocycles. The number of phenols is 1.